The number of anilines is 1. The highest BCUT2D eigenvalue weighted by atomic mass is 32.2. The van der Waals surface area contributed by atoms with Gasteiger partial charge in [0.2, 0.25) is 5.91 Å². The van der Waals surface area contributed by atoms with Gasteiger partial charge in [0.15, 0.2) is 0 Å². The molecule has 0 saturated heterocycles. The predicted molar refractivity (Wildman–Crippen MR) is 116 cm³/mol. The Morgan fingerprint density at radius 3 is 2.47 bits per heavy atom. The van der Waals surface area contributed by atoms with Crippen molar-refractivity contribution in [2.75, 3.05) is 18.0 Å². The second-order valence-corrected chi connectivity index (χ2v) is 10.2. The first-order chi connectivity index (χ1) is 14.4. The molecule has 2 aliphatic rings. The third-order valence-corrected chi connectivity index (χ3v) is 8.11. The summed E-state index contributed by atoms with van der Waals surface area (Å²) in [6.45, 7) is 1.61. The van der Waals surface area contributed by atoms with Crippen LogP contribution < -0.4 is 14.4 Å². The molecule has 2 aromatic rings. The number of rotatable bonds is 7. The van der Waals surface area contributed by atoms with Crippen LogP contribution in [0.3, 0.4) is 0 Å². The number of carbonyl (C=O) groups is 1. The van der Waals surface area contributed by atoms with E-state index in [1.165, 1.54) is 20.0 Å². The molecule has 2 bridgehead atoms. The van der Waals surface area contributed by atoms with Crippen molar-refractivity contribution in [3.05, 3.63) is 54.1 Å². The number of benzene rings is 2. The van der Waals surface area contributed by atoms with Gasteiger partial charge in [-0.15, -0.1) is 0 Å². The lowest BCUT2D eigenvalue weighted by Crippen LogP contribution is -2.46. The number of hydrogen-bond acceptors (Lipinski definition) is 4. The molecule has 160 valence electrons. The Hall–Kier alpha value is -2.54. The van der Waals surface area contributed by atoms with Gasteiger partial charge in [0.05, 0.1) is 17.7 Å². The maximum atomic E-state index is 13.5. The van der Waals surface area contributed by atoms with Crippen molar-refractivity contribution in [2.45, 2.75) is 43.5 Å². The number of fused-ring (bicyclic) bond motifs is 2. The minimum Gasteiger partial charge on any atom is -0.495 e. The van der Waals surface area contributed by atoms with Crippen molar-refractivity contribution >= 4 is 21.6 Å². The summed E-state index contributed by atoms with van der Waals surface area (Å²) in [5.74, 6) is 1.34. The molecular formula is C23H28N2O4S. The molecule has 30 heavy (non-hydrogen) atoms. The molecule has 0 spiro atoms. The van der Waals surface area contributed by atoms with E-state index >= 15 is 0 Å². The van der Waals surface area contributed by atoms with E-state index in [0.717, 1.165) is 22.7 Å². The van der Waals surface area contributed by atoms with Gasteiger partial charge >= 0.3 is 0 Å². The highest BCUT2D eigenvalue weighted by molar-refractivity contribution is 7.92. The van der Waals surface area contributed by atoms with E-state index in [4.69, 9.17) is 4.74 Å². The van der Waals surface area contributed by atoms with Gasteiger partial charge in [-0.2, -0.15) is 0 Å². The van der Waals surface area contributed by atoms with Crippen LogP contribution in [0.5, 0.6) is 5.75 Å². The Kier molecular flexibility index (Phi) is 5.73. The molecule has 2 saturated carbocycles. The quantitative estimate of drug-likeness (QED) is 0.732. The van der Waals surface area contributed by atoms with Crippen molar-refractivity contribution in [3.8, 4) is 5.75 Å². The summed E-state index contributed by atoms with van der Waals surface area (Å²) in [7, 11) is -2.46. The Bertz CT molecular complexity index is 1020. The number of hydrogen-bond donors (Lipinski definition) is 1. The fourth-order valence-corrected chi connectivity index (χ4v) is 6.21. The topological polar surface area (TPSA) is 75.7 Å². The SMILES string of the molecule is COc1ccccc1N(CC(=O)N[C@H]1C[C@H]2CC[C@H]1C2)S(=O)(=O)c1ccc(C)cc1. The molecule has 6 nitrogen and oxygen atoms in total. The van der Waals surface area contributed by atoms with Crippen LogP contribution >= 0.6 is 0 Å². The summed E-state index contributed by atoms with van der Waals surface area (Å²) < 4.78 is 33.6. The largest absolute Gasteiger partial charge is 0.495 e. The molecule has 2 aliphatic carbocycles. The average Bonchev–Trinajstić information content (AvgIpc) is 3.35. The van der Waals surface area contributed by atoms with E-state index in [9.17, 15) is 13.2 Å². The normalized spacial score (nSPS) is 22.7. The third-order valence-electron chi connectivity index (χ3n) is 6.33. The molecule has 7 heteroatoms. The van der Waals surface area contributed by atoms with E-state index in [0.29, 0.717) is 23.3 Å². The molecule has 0 radical (unpaired) electrons. The molecule has 0 heterocycles. The predicted octanol–water partition coefficient (Wildman–Crippen LogP) is 3.50. The molecule has 1 amide bonds. The fraction of sp³-hybridized carbons (Fsp3) is 0.435. The average molecular weight is 429 g/mol. The highest BCUT2D eigenvalue weighted by Crippen LogP contribution is 2.44. The first-order valence-electron chi connectivity index (χ1n) is 10.4. The van der Waals surface area contributed by atoms with E-state index in [2.05, 4.69) is 5.32 Å². The number of nitrogens with zero attached hydrogens (tertiary/aromatic N) is 1. The van der Waals surface area contributed by atoms with Crippen LogP contribution in [0.1, 0.15) is 31.2 Å². The second-order valence-electron chi connectivity index (χ2n) is 8.35. The van der Waals surface area contributed by atoms with Gasteiger partial charge in [-0.25, -0.2) is 8.42 Å². The zero-order valence-corrected chi connectivity index (χ0v) is 18.2. The molecule has 0 aromatic heterocycles. The summed E-state index contributed by atoms with van der Waals surface area (Å²) in [5, 5.41) is 3.09. The lowest BCUT2D eigenvalue weighted by atomic mass is 9.95. The van der Waals surface area contributed by atoms with Gasteiger partial charge in [-0.1, -0.05) is 36.2 Å². The monoisotopic (exact) mass is 428 g/mol. The number of para-hydroxylation sites is 2. The first-order valence-corrected chi connectivity index (χ1v) is 11.8. The van der Waals surface area contributed by atoms with Crippen LogP contribution in [0, 0.1) is 18.8 Å². The Balaban J connectivity index is 1.63. The van der Waals surface area contributed by atoms with E-state index < -0.39 is 10.0 Å². The molecule has 0 unspecified atom stereocenters. The van der Waals surface area contributed by atoms with Gasteiger partial charge in [0.1, 0.15) is 12.3 Å². The number of carbonyl (C=O) groups excluding carboxylic acids is 1. The van der Waals surface area contributed by atoms with Crippen molar-refractivity contribution in [2.24, 2.45) is 11.8 Å². The molecule has 0 aliphatic heterocycles. The number of nitrogens with one attached hydrogen (secondary N) is 1. The van der Waals surface area contributed by atoms with Gasteiger partial charge in [0.25, 0.3) is 10.0 Å². The standard InChI is InChI=1S/C23H28N2O4S/c1-16-7-11-19(12-8-16)30(27,28)25(21-5-3-4-6-22(21)29-2)15-23(26)24-20-14-17-9-10-18(20)13-17/h3-8,11-12,17-18,20H,9-10,13-15H2,1-2H3,(H,24,26)/t17-,18-,20-/m0/s1. The Morgan fingerprint density at radius 1 is 1.10 bits per heavy atom. The number of aryl methyl sites for hydroxylation is 1. The smallest absolute Gasteiger partial charge is 0.264 e. The van der Waals surface area contributed by atoms with E-state index in [1.807, 2.05) is 6.92 Å². The maximum Gasteiger partial charge on any atom is 0.264 e. The van der Waals surface area contributed by atoms with Crippen molar-refractivity contribution in [1.82, 2.24) is 5.32 Å². The van der Waals surface area contributed by atoms with Crippen LogP contribution in [0.2, 0.25) is 0 Å². The number of methoxy groups -OCH3 is 1. The summed E-state index contributed by atoms with van der Waals surface area (Å²) in [4.78, 5) is 13.1. The van der Waals surface area contributed by atoms with Gasteiger partial charge in [-0.05, 0) is 62.3 Å². The van der Waals surface area contributed by atoms with E-state index in [-0.39, 0.29) is 23.4 Å². The number of amides is 1. The fourth-order valence-electron chi connectivity index (χ4n) is 4.78. The molecule has 3 atom stereocenters. The minimum atomic E-state index is -3.95. The van der Waals surface area contributed by atoms with Crippen molar-refractivity contribution in [1.29, 1.82) is 0 Å². The summed E-state index contributed by atoms with van der Waals surface area (Å²) in [6, 6.07) is 13.7. The Morgan fingerprint density at radius 2 is 1.83 bits per heavy atom. The molecule has 2 fully saturated rings. The number of ether oxygens (including phenoxy) is 1. The Labute approximate surface area is 178 Å². The maximum absolute atomic E-state index is 13.5. The summed E-state index contributed by atoms with van der Waals surface area (Å²) in [6.07, 6.45) is 4.55. The molecule has 2 aromatic carbocycles. The molecular weight excluding hydrogens is 400 g/mol. The minimum absolute atomic E-state index is 0.145. The van der Waals surface area contributed by atoms with Crippen molar-refractivity contribution in [3.63, 3.8) is 0 Å². The van der Waals surface area contributed by atoms with E-state index in [1.54, 1.807) is 48.5 Å². The zero-order chi connectivity index (χ0) is 21.3. The lowest BCUT2D eigenvalue weighted by Gasteiger charge is -2.28. The van der Waals surface area contributed by atoms with Gasteiger partial charge < -0.3 is 10.1 Å². The van der Waals surface area contributed by atoms with Crippen LogP contribution in [0.25, 0.3) is 0 Å². The first kappa shape index (κ1) is 20.7. The summed E-state index contributed by atoms with van der Waals surface area (Å²) in [5.41, 5.74) is 1.32. The second kappa shape index (κ2) is 8.30. The van der Waals surface area contributed by atoms with Gasteiger partial charge in [-0.3, -0.25) is 9.10 Å². The van der Waals surface area contributed by atoms with Crippen LogP contribution in [-0.4, -0.2) is 34.0 Å². The van der Waals surface area contributed by atoms with Crippen LogP contribution in [0.15, 0.2) is 53.4 Å². The molecule has 4 rings (SSSR count). The summed E-state index contributed by atoms with van der Waals surface area (Å²) >= 11 is 0. The lowest BCUT2D eigenvalue weighted by molar-refractivity contribution is -0.120. The van der Waals surface area contributed by atoms with Crippen LogP contribution in [-0.2, 0) is 14.8 Å². The third kappa shape index (κ3) is 4.03. The molecule has 1 N–H and O–H groups in total. The van der Waals surface area contributed by atoms with Crippen molar-refractivity contribution < 1.29 is 17.9 Å². The van der Waals surface area contributed by atoms with Crippen LogP contribution in [0.4, 0.5) is 5.69 Å². The number of sulfonamides is 1. The van der Waals surface area contributed by atoms with Gasteiger partial charge in [0, 0.05) is 6.04 Å². The highest BCUT2D eigenvalue weighted by Gasteiger charge is 2.40. The zero-order valence-electron chi connectivity index (χ0n) is 17.4.